The molecule has 0 unspecified atom stereocenters. The van der Waals surface area contributed by atoms with Gasteiger partial charge < -0.3 is 28.1 Å². The van der Waals surface area contributed by atoms with Crippen LogP contribution >= 0.6 is 0 Å². The van der Waals surface area contributed by atoms with Crippen molar-refractivity contribution in [2.24, 2.45) is 0 Å². The van der Waals surface area contributed by atoms with Gasteiger partial charge in [0.1, 0.15) is 20.2 Å². The molecule has 0 aliphatic rings. The van der Waals surface area contributed by atoms with Gasteiger partial charge in [-0.05, 0) is 113 Å². The molecule has 0 radical (unpaired) electrons. The minimum absolute atomic E-state index is 0. The van der Waals surface area contributed by atoms with Gasteiger partial charge in [0.15, 0.2) is 0 Å². The Balaban J connectivity index is 0.00000172. The fraction of sp³-hybridized carbons (Fsp3) is 0.667. The van der Waals surface area contributed by atoms with Gasteiger partial charge in [0.25, 0.3) is 0 Å². The number of benzene rings is 2. The van der Waals surface area contributed by atoms with Crippen LogP contribution in [-0.4, -0.2) is 114 Å². The standard InChI is InChI=1S/2C36H58O7S.Ca/c2*1-3-5-7-9-11-13-15-17-19-21-23-25-29-42-35(37)33-28-27-32(44(39,40)41)31-34(33)36(38)43-30-26-24-22-20-18-16-14-12-10-8-6-4-2;/h2*3-4,27-28,31H,1-2,5-26,29-30H2,(H,39,40,41);/q;;+2/p-2. The number of hydrogen-bond acceptors (Lipinski definition) is 14. The van der Waals surface area contributed by atoms with E-state index in [0.717, 1.165) is 139 Å². The van der Waals surface area contributed by atoms with Crippen LogP contribution in [0, 0.1) is 0 Å². The van der Waals surface area contributed by atoms with Crippen molar-refractivity contribution in [3.8, 4) is 0 Å². The number of hydrogen-bond donors (Lipinski definition) is 0. The Kier molecular flexibility index (Phi) is 55.8. The average molecular weight is 1310 g/mol. The van der Waals surface area contributed by atoms with Crippen molar-refractivity contribution >= 4 is 81.9 Å². The number of rotatable bonds is 58. The predicted molar refractivity (Wildman–Crippen MR) is 360 cm³/mol. The Labute approximate surface area is 569 Å². The summed E-state index contributed by atoms with van der Waals surface area (Å²) in [4.78, 5) is 49.9. The maximum absolute atomic E-state index is 12.8. The normalized spacial score (nSPS) is 11.2. The summed E-state index contributed by atoms with van der Waals surface area (Å²) in [5, 5.41) is 0. The molecule has 0 spiro atoms. The fourth-order valence-electron chi connectivity index (χ4n) is 10.2. The summed E-state index contributed by atoms with van der Waals surface area (Å²) in [6.07, 6.45) is 57.4. The third kappa shape index (κ3) is 47.0. The number of esters is 4. The fourth-order valence-corrected chi connectivity index (χ4v) is 11.2. The molecule has 89 heavy (non-hydrogen) atoms. The number of ether oxygens (including phenoxy) is 4. The van der Waals surface area contributed by atoms with Crippen molar-refractivity contribution in [3.63, 3.8) is 0 Å². The quantitative estimate of drug-likeness (QED) is 0.0150. The number of carbonyl (C=O) groups is 4. The molecule has 0 aliphatic carbocycles. The maximum atomic E-state index is 12.8. The van der Waals surface area contributed by atoms with E-state index >= 15 is 0 Å². The average Bonchev–Trinajstić information content (AvgIpc) is 3.12. The van der Waals surface area contributed by atoms with Crippen molar-refractivity contribution in [2.45, 2.75) is 292 Å². The van der Waals surface area contributed by atoms with Crippen molar-refractivity contribution in [2.75, 3.05) is 26.4 Å². The SMILES string of the molecule is C=CCCCCCCCCCCCCOC(=O)c1ccc(S(=O)(=O)[O-])cc1C(=O)OCCCCCCCCCCCCC=C.C=CCCCCCCCCCCCCOC(=O)c1ccc(S(=O)(=O)[O-])cc1C(=O)OCCCCCCCCCCCCC=C.[Ca+2]. The first kappa shape index (κ1) is 85.4. The summed E-state index contributed by atoms with van der Waals surface area (Å²) in [5.74, 6) is -3.13. The third-order valence-electron chi connectivity index (χ3n) is 15.6. The topological polar surface area (TPSA) is 220 Å². The third-order valence-corrected chi connectivity index (χ3v) is 17.2. The summed E-state index contributed by atoms with van der Waals surface area (Å²) in [6.45, 7) is 15.7. The van der Waals surface area contributed by atoms with Crippen molar-refractivity contribution in [1.29, 1.82) is 0 Å². The molecule has 2 rings (SSSR count). The smallest absolute Gasteiger partial charge is 0.744 e. The summed E-state index contributed by atoms with van der Waals surface area (Å²) in [5.41, 5.74) is -0.714. The first-order valence-corrected chi connectivity index (χ1v) is 36.8. The number of allylic oxidation sites excluding steroid dienone is 4. The van der Waals surface area contributed by atoms with Crippen LogP contribution in [0.2, 0.25) is 0 Å². The molecule has 0 N–H and O–H groups in total. The van der Waals surface area contributed by atoms with E-state index in [2.05, 4.69) is 26.3 Å². The Morgan fingerprint density at radius 1 is 0.292 bits per heavy atom. The molecular weight excluding hydrogens is 1190 g/mol. The van der Waals surface area contributed by atoms with E-state index in [1.807, 2.05) is 24.3 Å². The molecular formula is C72H114CaO14S2. The van der Waals surface area contributed by atoms with Crippen LogP contribution in [0.5, 0.6) is 0 Å². The maximum Gasteiger partial charge on any atom is 2.00 e. The van der Waals surface area contributed by atoms with Gasteiger partial charge in [0, 0.05) is 0 Å². The zero-order valence-corrected chi connectivity index (χ0v) is 58.6. The first-order chi connectivity index (χ1) is 42.6. The molecule has 0 fully saturated rings. The van der Waals surface area contributed by atoms with E-state index in [4.69, 9.17) is 18.9 Å². The Morgan fingerprint density at radius 3 is 0.640 bits per heavy atom. The van der Waals surface area contributed by atoms with Gasteiger partial charge in [-0.25, -0.2) is 36.0 Å². The molecule has 2 aromatic rings. The van der Waals surface area contributed by atoms with E-state index in [0.29, 0.717) is 25.7 Å². The molecule has 0 aromatic heterocycles. The summed E-state index contributed by atoms with van der Waals surface area (Å²) >= 11 is 0. The van der Waals surface area contributed by atoms with Gasteiger partial charge in [0.2, 0.25) is 0 Å². The van der Waals surface area contributed by atoms with E-state index in [-0.39, 0.29) is 86.4 Å². The number of unbranched alkanes of at least 4 members (excludes halogenated alkanes) is 40. The van der Waals surface area contributed by atoms with Gasteiger partial charge in [-0.3, -0.25) is 0 Å². The van der Waals surface area contributed by atoms with Gasteiger partial charge in [0.05, 0.1) is 58.5 Å². The molecule has 0 aliphatic heterocycles. The molecule has 0 saturated heterocycles. The van der Waals surface area contributed by atoms with Crippen molar-refractivity contribution in [1.82, 2.24) is 0 Å². The second-order valence-corrected chi connectivity index (χ2v) is 26.1. The minimum atomic E-state index is -4.81. The number of carbonyl (C=O) groups excluding carboxylic acids is 4. The van der Waals surface area contributed by atoms with Gasteiger partial charge in [-0.1, -0.05) is 230 Å². The zero-order chi connectivity index (χ0) is 64.6. The van der Waals surface area contributed by atoms with Crippen LogP contribution in [0.15, 0.2) is 96.8 Å². The molecule has 2 aromatic carbocycles. The van der Waals surface area contributed by atoms with Crippen molar-refractivity contribution in [3.05, 3.63) is 109 Å². The molecule has 0 bridgehead atoms. The molecule has 17 heteroatoms. The largest absolute Gasteiger partial charge is 2.00 e. The Bertz CT molecular complexity index is 2270. The van der Waals surface area contributed by atoms with Crippen LogP contribution in [0.25, 0.3) is 0 Å². The van der Waals surface area contributed by atoms with E-state index in [1.54, 1.807) is 0 Å². The molecule has 0 atom stereocenters. The first-order valence-electron chi connectivity index (χ1n) is 33.9. The second kappa shape index (κ2) is 58.2. The minimum Gasteiger partial charge on any atom is -0.744 e. The molecule has 500 valence electrons. The van der Waals surface area contributed by atoms with Crippen LogP contribution in [0.3, 0.4) is 0 Å². The van der Waals surface area contributed by atoms with E-state index in [1.165, 1.54) is 154 Å². The molecule has 0 saturated carbocycles. The van der Waals surface area contributed by atoms with Gasteiger partial charge in [-0.2, -0.15) is 0 Å². The van der Waals surface area contributed by atoms with Crippen LogP contribution < -0.4 is 0 Å². The van der Waals surface area contributed by atoms with Crippen molar-refractivity contribution < 1.29 is 64.1 Å². The van der Waals surface area contributed by atoms with Crippen LogP contribution in [0.4, 0.5) is 0 Å². The summed E-state index contributed by atoms with van der Waals surface area (Å²) < 4.78 is 90.8. The summed E-state index contributed by atoms with van der Waals surface area (Å²) in [7, 11) is -9.62. The zero-order valence-electron chi connectivity index (χ0n) is 54.8. The van der Waals surface area contributed by atoms with Crippen LogP contribution in [0.1, 0.15) is 324 Å². The second-order valence-electron chi connectivity index (χ2n) is 23.3. The van der Waals surface area contributed by atoms with E-state index in [9.17, 15) is 45.1 Å². The molecule has 14 nitrogen and oxygen atoms in total. The van der Waals surface area contributed by atoms with Gasteiger partial charge >= 0.3 is 61.6 Å². The van der Waals surface area contributed by atoms with Crippen LogP contribution in [-0.2, 0) is 39.2 Å². The monoisotopic (exact) mass is 1310 g/mol. The van der Waals surface area contributed by atoms with E-state index < -0.39 is 53.9 Å². The Morgan fingerprint density at radius 2 is 0.461 bits per heavy atom. The molecule has 0 heterocycles. The van der Waals surface area contributed by atoms with Gasteiger partial charge in [-0.15, -0.1) is 26.3 Å². The molecule has 0 amide bonds. The summed E-state index contributed by atoms with van der Waals surface area (Å²) in [6, 6.07) is 6.18. The Hall–Kier alpha value is -3.64. The predicted octanol–water partition coefficient (Wildman–Crippen LogP) is 19.3.